The highest BCUT2D eigenvalue weighted by molar-refractivity contribution is 5.45. The van der Waals surface area contributed by atoms with E-state index in [1.807, 2.05) is 18.2 Å². The minimum absolute atomic E-state index is 0.556. The van der Waals surface area contributed by atoms with Crippen LogP contribution in [0.25, 0.3) is 0 Å². The molecule has 1 aliphatic heterocycles. The number of hydrogen-bond donors (Lipinski definition) is 0. The zero-order valence-electron chi connectivity index (χ0n) is 11.9. The number of hydrogen-bond acceptors (Lipinski definition) is 4. The number of likely N-dealkylation sites (N-methyl/N-ethyl adjacent to an activating group) is 1. The number of benzene rings is 1. The van der Waals surface area contributed by atoms with Crippen molar-refractivity contribution in [3.8, 4) is 11.8 Å². The molecule has 0 bridgehead atoms. The topological polar surface area (TPSA) is 39.5 Å². The van der Waals surface area contributed by atoms with Crippen LogP contribution in [0.5, 0.6) is 5.75 Å². The summed E-state index contributed by atoms with van der Waals surface area (Å²) in [7, 11) is 3.77. The van der Waals surface area contributed by atoms with Crippen LogP contribution in [0.2, 0.25) is 0 Å². The molecule has 102 valence electrons. The van der Waals surface area contributed by atoms with E-state index in [0.717, 1.165) is 26.2 Å². The van der Waals surface area contributed by atoms with Gasteiger partial charge >= 0.3 is 0 Å². The van der Waals surface area contributed by atoms with Crippen molar-refractivity contribution in [2.24, 2.45) is 0 Å². The first-order valence-corrected chi connectivity index (χ1v) is 6.63. The van der Waals surface area contributed by atoms with Crippen LogP contribution < -0.4 is 4.74 Å². The van der Waals surface area contributed by atoms with Gasteiger partial charge in [-0.15, -0.1) is 0 Å². The van der Waals surface area contributed by atoms with Crippen molar-refractivity contribution in [2.45, 2.75) is 19.5 Å². The number of nitriles is 1. The molecule has 19 heavy (non-hydrogen) atoms. The van der Waals surface area contributed by atoms with E-state index >= 15 is 0 Å². The molecule has 0 radical (unpaired) electrons. The highest BCUT2D eigenvalue weighted by atomic mass is 16.5. The second-order valence-corrected chi connectivity index (χ2v) is 5.23. The van der Waals surface area contributed by atoms with Gasteiger partial charge in [-0.2, -0.15) is 5.26 Å². The van der Waals surface area contributed by atoms with E-state index in [0.29, 0.717) is 17.4 Å². The largest absolute Gasteiger partial charge is 0.495 e. The molecule has 1 unspecified atom stereocenters. The van der Waals surface area contributed by atoms with Gasteiger partial charge in [-0.25, -0.2) is 0 Å². The summed E-state index contributed by atoms with van der Waals surface area (Å²) < 4.78 is 5.26. The molecule has 1 aliphatic rings. The first-order chi connectivity index (χ1) is 9.13. The minimum atomic E-state index is 0.556. The Kier molecular flexibility index (Phi) is 4.41. The van der Waals surface area contributed by atoms with E-state index in [-0.39, 0.29) is 0 Å². The molecule has 4 nitrogen and oxygen atoms in total. The van der Waals surface area contributed by atoms with Crippen molar-refractivity contribution < 1.29 is 4.74 Å². The van der Waals surface area contributed by atoms with Crippen molar-refractivity contribution in [3.63, 3.8) is 0 Å². The lowest BCUT2D eigenvalue weighted by Crippen LogP contribution is -2.49. The number of rotatable bonds is 3. The smallest absolute Gasteiger partial charge is 0.136 e. The van der Waals surface area contributed by atoms with E-state index in [1.165, 1.54) is 5.56 Å². The number of ether oxygens (including phenoxy) is 1. The van der Waals surface area contributed by atoms with Crippen LogP contribution in [0.3, 0.4) is 0 Å². The van der Waals surface area contributed by atoms with Gasteiger partial charge in [0.1, 0.15) is 11.8 Å². The van der Waals surface area contributed by atoms with Gasteiger partial charge in [-0.3, -0.25) is 4.90 Å². The summed E-state index contributed by atoms with van der Waals surface area (Å²) in [6.45, 7) is 6.47. The van der Waals surface area contributed by atoms with Gasteiger partial charge in [0.15, 0.2) is 0 Å². The molecule has 0 amide bonds. The maximum atomic E-state index is 8.99. The normalized spacial score (nSPS) is 21.1. The fraction of sp³-hybridized carbons (Fsp3) is 0.533. The predicted molar refractivity (Wildman–Crippen MR) is 75.1 cm³/mol. The molecule has 1 aromatic carbocycles. The summed E-state index contributed by atoms with van der Waals surface area (Å²) in [5, 5.41) is 8.99. The molecular weight excluding hydrogens is 238 g/mol. The summed E-state index contributed by atoms with van der Waals surface area (Å²) >= 11 is 0. The Bertz CT molecular complexity index is 481. The summed E-state index contributed by atoms with van der Waals surface area (Å²) in [6, 6.07) is 8.54. The molecule has 0 spiro atoms. The fourth-order valence-corrected chi connectivity index (χ4v) is 2.57. The second-order valence-electron chi connectivity index (χ2n) is 5.23. The third-order valence-electron chi connectivity index (χ3n) is 3.74. The summed E-state index contributed by atoms with van der Waals surface area (Å²) in [4.78, 5) is 4.83. The molecule has 4 heteroatoms. The van der Waals surface area contributed by atoms with Crippen molar-refractivity contribution in [1.82, 2.24) is 9.80 Å². The van der Waals surface area contributed by atoms with Crippen LogP contribution in [-0.4, -0.2) is 49.6 Å². The molecule has 0 N–H and O–H groups in total. The number of piperazine rings is 1. The molecule has 0 aliphatic carbocycles. The van der Waals surface area contributed by atoms with Crippen LogP contribution in [-0.2, 0) is 6.54 Å². The molecule has 1 heterocycles. The van der Waals surface area contributed by atoms with E-state index in [2.05, 4.69) is 29.8 Å². The fourth-order valence-electron chi connectivity index (χ4n) is 2.57. The Balaban J connectivity index is 2.09. The minimum Gasteiger partial charge on any atom is -0.495 e. The Morgan fingerprint density at radius 1 is 1.42 bits per heavy atom. The Hall–Kier alpha value is -1.57. The van der Waals surface area contributed by atoms with E-state index in [9.17, 15) is 0 Å². The lowest BCUT2D eigenvalue weighted by atomic mass is 10.1. The predicted octanol–water partition coefficient (Wildman–Crippen LogP) is 1.70. The van der Waals surface area contributed by atoms with Gasteiger partial charge in [0, 0.05) is 32.2 Å². The van der Waals surface area contributed by atoms with Gasteiger partial charge in [0.05, 0.1) is 12.7 Å². The zero-order chi connectivity index (χ0) is 13.8. The van der Waals surface area contributed by atoms with Crippen LogP contribution in [0.1, 0.15) is 18.1 Å². The third kappa shape index (κ3) is 3.25. The Morgan fingerprint density at radius 3 is 2.84 bits per heavy atom. The summed E-state index contributed by atoms with van der Waals surface area (Å²) in [5.41, 5.74) is 1.80. The molecule has 1 atom stereocenters. The summed E-state index contributed by atoms with van der Waals surface area (Å²) in [6.07, 6.45) is 0. The van der Waals surface area contributed by atoms with Gasteiger partial charge in [0.2, 0.25) is 0 Å². The molecule has 0 aromatic heterocycles. The lowest BCUT2D eigenvalue weighted by Gasteiger charge is -2.38. The van der Waals surface area contributed by atoms with Gasteiger partial charge < -0.3 is 9.64 Å². The molecule has 2 rings (SSSR count). The van der Waals surface area contributed by atoms with Crippen LogP contribution in [0, 0.1) is 11.3 Å². The molecule has 1 fully saturated rings. The average molecular weight is 259 g/mol. The maximum absolute atomic E-state index is 8.99. The van der Waals surface area contributed by atoms with Gasteiger partial charge in [0.25, 0.3) is 0 Å². The SMILES string of the molecule is COc1cc(CN2CCN(C)CC2C)ccc1C#N. The molecule has 0 saturated carbocycles. The third-order valence-corrected chi connectivity index (χ3v) is 3.74. The van der Waals surface area contributed by atoms with Crippen molar-refractivity contribution in [2.75, 3.05) is 33.8 Å². The highest BCUT2D eigenvalue weighted by Gasteiger charge is 2.21. The van der Waals surface area contributed by atoms with Crippen molar-refractivity contribution in [3.05, 3.63) is 29.3 Å². The van der Waals surface area contributed by atoms with E-state index < -0.39 is 0 Å². The highest BCUT2D eigenvalue weighted by Crippen LogP contribution is 2.21. The average Bonchev–Trinajstić information content (AvgIpc) is 2.41. The van der Waals surface area contributed by atoms with Crippen LogP contribution >= 0.6 is 0 Å². The maximum Gasteiger partial charge on any atom is 0.136 e. The molecule has 1 aromatic rings. The quantitative estimate of drug-likeness (QED) is 0.828. The zero-order valence-corrected chi connectivity index (χ0v) is 11.9. The number of methoxy groups -OCH3 is 1. The standard InChI is InChI=1S/C15H21N3O/c1-12-10-17(2)6-7-18(12)11-13-4-5-14(9-16)15(8-13)19-3/h4-5,8,12H,6-7,10-11H2,1-3H3. The van der Waals surface area contributed by atoms with Crippen molar-refractivity contribution in [1.29, 1.82) is 5.26 Å². The Labute approximate surface area is 115 Å². The monoisotopic (exact) mass is 259 g/mol. The first kappa shape index (κ1) is 13.9. The van der Waals surface area contributed by atoms with Crippen LogP contribution in [0.4, 0.5) is 0 Å². The van der Waals surface area contributed by atoms with Crippen LogP contribution in [0.15, 0.2) is 18.2 Å². The lowest BCUT2D eigenvalue weighted by molar-refractivity contribution is 0.0938. The second kappa shape index (κ2) is 6.05. The van der Waals surface area contributed by atoms with Gasteiger partial charge in [-0.05, 0) is 31.7 Å². The summed E-state index contributed by atoms with van der Waals surface area (Å²) in [5.74, 6) is 0.668. The molecule has 1 saturated heterocycles. The van der Waals surface area contributed by atoms with Crippen molar-refractivity contribution >= 4 is 0 Å². The first-order valence-electron chi connectivity index (χ1n) is 6.63. The van der Waals surface area contributed by atoms with Gasteiger partial charge in [-0.1, -0.05) is 6.07 Å². The Morgan fingerprint density at radius 2 is 2.21 bits per heavy atom. The van der Waals surface area contributed by atoms with E-state index in [4.69, 9.17) is 10.00 Å². The molecular formula is C15H21N3O. The number of nitrogens with zero attached hydrogens (tertiary/aromatic N) is 3. The van der Waals surface area contributed by atoms with E-state index in [1.54, 1.807) is 7.11 Å².